The van der Waals surface area contributed by atoms with Gasteiger partial charge in [-0.1, -0.05) is 6.07 Å². The molecule has 0 aliphatic carbocycles. The van der Waals surface area contributed by atoms with Crippen LogP contribution in [0.3, 0.4) is 0 Å². The molecule has 1 aromatic rings. The summed E-state index contributed by atoms with van der Waals surface area (Å²) in [4.78, 5) is 0. The molecule has 1 atom stereocenters. The number of hydrogen-bond donors (Lipinski definition) is 2. The van der Waals surface area contributed by atoms with Crippen LogP contribution < -0.4 is 4.72 Å². The van der Waals surface area contributed by atoms with Crippen molar-refractivity contribution in [2.24, 2.45) is 0 Å². The molecule has 1 rings (SSSR count). The molecule has 0 heterocycles. The molecule has 0 saturated carbocycles. The van der Waals surface area contributed by atoms with E-state index in [-0.39, 0.29) is 0 Å². The SMILES string of the molecule is Cc1ccc(NS(=O)O)c(Br)c1. The number of aryl methyl sites for hydroxylation is 1. The maximum absolute atomic E-state index is 10.4. The van der Waals surface area contributed by atoms with E-state index in [1.165, 1.54) is 0 Å². The van der Waals surface area contributed by atoms with Crippen LogP contribution in [0.1, 0.15) is 5.56 Å². The summed E-state index contributed by atoms with van der Waals surface area (Å²) in [6.45, 7) is 1.95. The van der Waals surface area contributed by atoms with Crippen LogP contribution in [0.2, 0.25) is 0 Å². The largest absolute Gasteiger partial charge is 0.289 e. The number of benzene rings is 1. The Morgan fingerprint density at radius 1 is 1.58 bits per heavy atom. The van der Waals surface area contributed by atoms with Gasteiger partial charge in [-0.2, -0.15) is 0 Å². The van der Waals surface area contributed by atoms with E-state index < -0.39 is 11.3 Å². The maximum Gasteiger partial charge on any atom is 0.259 e. The van der Waals surface area contributed by atoms with Crippen LogP contribution in [0.25, 0.3) is 0 Å². The van der Waals surface area contributed by atoms with Crippen LogP contribution in [-0.4, -0.2) is 8.76 Å². The minimum atomic E-state index is -2.01. The second-order valence-electron chi connectivity index (χ2n) is 2.33. The number of nitrogens with one attached hydrogen (secondary N) is 1. The van der Waals surface area contributed by atoms with Gasteiger partial charge < -0.3 is 0 Å². The Bertz CT molecular complexity index is 316. The van der Waals surface area contributed by atoms with Crippen LogP contribution in [0.4, 0.5) is 5.69 Å². The van der Waals surface area contributed by atoms with Crippen molar-refractivity contribution in [2.45, 2.75) is 6.92 Å². The predicted molar refractivity (Wildman–Crippen MR) is 53.3 cm³/mol. The van der Waals surface area contributed by atoms with Gasteiger partial charge in [-0.05, 0) is 40.5 Å². The topological polar surface area (TPSA) is 49.3 Å². The van der Waals surface area contributed by atoms with Gasteiger partial charge in [0, 0.05) is 4.47 Å². The second kappa shape index (κ2) is 4.02. The standard InChI is InChI=1S/C7H8BrNO2S/c1-5-2-3-7(6(8)4-5)9-12(10)11/h2-4,9H,1H3,(H,10,11). The molecule has 0 fully saturated rings. The highest BCUT2D eigenvalue weighted by atomic mass is 79.9. The quantitative estimate of drug-likeness (QED) is 0.791. The fourth-order valence-electron chi connectivity index (χ4n) is 0.797. The van der Waals surface area contributed by atoms with Gasteiger partial charge in [-0.25, -0.2) is 4.21 Å². The van der Waals surface area contributed by atoms with Gasteiger partial charge in [0.05, 0.1) is 5.69 Å². The lowest BCUT2D eigenvalue weighted by molar-refractivity contribution is 0.570. The van der Waals surface area contributed by atoms with E-state index in [4.69, 9.17) is 4.55 Å². The van der Waals surface area contributed by atoms with Crippen LogP contribution in [0.15, 0.2) is 22.7 Å². The van der Waals surface area contributed by atoms with Crippen molar-refractivity contribution in [3.63, 3.8) is 0 Å². The monoisotopic (exact) mass is 249 g/mol. The molecule has 66 valence electrons. The highest BCUT2D eigenvalue weighted by Gasteiger charge is 2.00. The fraction of sp³-hybridized carbons (Fsp3) is 0.143. The van der Waals surface area contributed by atoms with Gasteiger partial charge >= 0.3 is 0 Å². The Hall–Kier alpha value is -0.390. The Kier molecular flexibility index (Phi) is 3.25. The van der Waals surface area contributed by atoms with E-state index in [1.807, 2.05) is 19.1 Å². The van der Waals surface area contributed by atoms with Gasteiger partial charge in [-0.3, -0.25) is 9.27 Å². The van der Waals surface area contributed by atoms with Crippen molar-refractivity contribution in [1.29, 1.82) is 0 Å². The summed E-state index contributed by atoms with van der Waals surface area (Å²) in [6.07, 6.45) is 0. The van der Waals surface area contributed by atoms with Crippen molar-refractivity contribution < 1.29 is 8.76 Å². The lowest BCUT2D eigenvalue weighted by atomic mass is 10.2. The van der Waals surface area contributed by atoms with Crippen molar-refractivity contribution in [3.8, 4) is 0 Å². The molecule has 0 aliphatic heterocycles. The zero-order chi connectivity index (χ0) is 9.14. The second-order valence-corrected chi connectivity index (χ2v) is 3.89. The van der Waals surface area contributed by atoms with Crippen molar-refractivity contribution in [3.05, 3.63) is 28.2 Å². The Labute approximate surface area is 81.7 Å². The lowest BCUT2D eigenvalue weighted by Gasteiger charge is -2.04. The van der Waals surface area contributed by atoms with E-state index in [1.54, 1.807) is 6.07 Å². The first kappa shape index (κ1) is 9.70. The third-order valence-electron chi connectivity index (χ3n) is 1.32. The van der Waals surface area contributed by atoms with Crippen molar-refractivity contribution in [1.82, 2.24) is 0 Å². The molecule has 0 aliphatic rings. The molecule has 0 bridgehead atoms. The van der Waals surface area contributed by atoms with Crippen molar-refractivity contribution in [2.75, 3.05) is 4.72 Å². The molecule has 3 nitrogen and oxygen atoms in total. The smallest absolute Gasteiger partial charge is 0.259 e. The summed E-state index contributed by atoms with van der Waals surface area (Å²) in [7, 11) is 0. The molecule has 5 heteroatoms. The van der Waals surface area contributed by atoms with E-state index in [2.05, 4.69) is 20.7 Å². The van der Waals surface area contributed by atoms with E-state index in [0.717, 1.165) is 10.0 Å². The molecular weight excluding hydrogens is 242 g/mol. The molecule has 0 spiro atoms. The van der Waals surface area contributed by atoms with Gasteiger partial charge in [-0.15, -0.1) is 0 Å². The summed E-state index contributed by atoms with van der Waals surface area (Å²) in [5.41, 5.74) is 1.71. The van der Waals surface area contributed by atoms with Gasteiger partial charge in [0.1, 0.15) is 0 Å². The third-order valence-corrected chi connectivity index (χ3v) is 2.37. The summed E-state index contributed by atoms with van der Waals surface area (Å²) < 4.78 is 22.1. The molecule has 0 aromatic heterocycles. The summed E-state index contributed by atoms with van der Waals surface area (Å²) in [6, 6.07) is 5.47. The third kappa shape index (κ3) is 2.58. The maximum atomic E-state index is 10.4. The Morgan fingerprint density at radius 2 is 2.25 bits per heavy atom. The van der Waals surface area contributed by atoms with Crippen LogP contribution >= 0.6 is 15.9 Å². The summed E-state index contributed by atoms with van der Waals surface area (Å²) in [5, 5.41) is 0. The molecule has 1 aromatic carbocycles. The normalized spacial score (nSPS) is 12.6. The molecular formula is C7H8BrNO2S. The fourth-order valence-corrected chi connectivity index (χ4v) is 1.89. The van der Waals surface area contributed by atoms with Crippen LogP contribution in [0.5, 0.6) is 0 Å². The molecule has 0 saturated heterocycles. The first-order valence-electron chi connectivity index (χ1n) is 3.23. The average molecular weight is 250 g/mol. The highest BCUT2D eigenvalue weighted by Crippen LogP contribution is 2.23. The number of hydrogen-bond acceptors (Lipinski definition) is 1. The van der Waals surface area contributed by atoms with E-state index in [9.17, 15) is 4.21 Å². The number of anilines is 1. The van der Waals surface area contributed by atoms with E-state index >= 15 is 0 Å². The van der Waals surface area contributed by atoms with Gasteiger partial charge in [0.15, 0.2) is 0 Å². The summed E-state index contributed by atoms with van der Waals surface area (Å²) in [5.74, 6) is 0. The molecule has 0 radical (unpaired) electrons. The lowest BCUT2D eigenvalue weighted by Crippen LogP contribution is -2.02. The first-order valence-corrected chi connectivity index (χ1v) is 5.13. The van der Waals surface area contributed by atoms with E-state index in [0.29, 0.717) is 5.69 Å². The Morgan fingerprint density at radius 3 is 2.75 bits per heavy atom. The zero-order valence-corrected chi connectivity index (χ0v) is 8.78. The molecule has 2 N–H and O–H groups in total. The summed E-state index contributed by atoms with van der Waals surface area (Å²) >= 11 is 1.25. The Balaban J connectivity index is 2.93. The average Bonchev–Trinajstić information content (AvgIpc) is 1.94. The number of rotatable bonds is 2. The molecule has 12 heavy (non-hydrogen) atoms. The minimum absolute atomic E-state index is 0.612. The number of halogens is 1. The molecule has 1 unspecified atom stereocenters. The van der Waals surface area contributed by atoms with Gasteiger partial charge in [0.2, 0.25) is 0 Å². The van der Waals surface area contributed by atoms with Gasteiger partial charge in [0.25, 0.3) is 11.3 Å². The highest BCUT2D eigenvalue weighted by molar-refractivity contribution is 9.10. The molecule has 0 amide bonds. The zero-order valence-electron chi connectivity index (χ0n) is 6.37. The van der Waals surface area contributed by atoms with Crippen LogP contribution in [-0.2, 0) is 11.3 Å². The minimum Gasteiger partial charge on any atom is -0.289 e. The van der Waals surface area contributed by atoms with Crippen LogP contribution in [0, 0.1) is 6.92 Å². The predicted octanol–water partition coefficient (Wildman–Crippen LogP) is 2.31. The first-order chi connectivity index (χ1) is 5.59. The van der Waals surface area contributed by atoms with Crippen molar-refractivity contribution >= 4 is 32.9 Å².